The summed E-state index contributed by atoms with van der Waals surface area (Å²) in [6.45, 7) is 9.57. The second kappa shape index (κ2) is 4.73. The van der Waals surface area contributed by atoms with Crippen LogP contribution in [0, 0.1) is 0 Å². The highest BCUT2D eigenvalue weighted by Gasteiger charge is 2.23. The average molecular weight is 245 g/mol. The van der Waals surface area contributed by atoms with E-state index in [9.17, 15) is 0 Å². The van der Waals surface area contributed by atoms with Crippen LogP contribution in [-0.4, -0.2) is 16.1 Å². The minimum atomic E-state index is 0.0360. The van der Waals surface area contributed by atoms with Crippen molar-refractivity contribution in [1.82, 2.24) is 9.55 Å². The van der Waals surface area contributed by atoms with E-state index in [0.717, 1.165) is 17.8 Å². The summed E-state index contributed by atoms with van der Waals surface area (Å²) < 4.78 is 2.35. The molecule has 1 atom stereocenters. The van der Waals surface area contributed by atoms with E-state index in [1.54, 1.807) is 0 Å². The van der Waals surface area contributed by atoms with E-state index in [1.807, 2.05) is 6.07 Å². The van der Waals surface area contributed by atoms with E-state index in [-0.39, 0.29) is 5.54 Å². The van der Waals surface area contributed by atoms with Crippen molar-refractivity contribution >= 4 is 11.0 Å². The maximum absolute atomic E-state index is 5.68. The lowest BCUT2D eigenvalue weighted by molar-refractivity contribution is 0.383. The lowest BCUT2D eigenvalue weighted by Gasteiger charge is -2.26. The van der Waals surface area contributed by atoms with Crippen LogP contribution < -0.4 is 5.73 Å². The molecule has 2 rings (SSSR count). The molecule has 0 bridgehead atoms. The third kappa shape index (κ3) is 2.27. The summed E-state index contributed by atoms with van der Waals surface area (Å²) in [6.07, 6.45) is 0.972. The van der Waals surface area contributed by atoms with Gasteiger partial charge in [-0.2, -0.15) is 0 Å². The molecule has 1 aromatic heterocycles. The first-order chi connectivity index (χ1) is 8.45. The van der Waals surface area contributed by atoms with Crippen LogP contribution in [0.15, 0.2) is 24.3 Å². The molecular formula is C15H23N3. The van der Waals surface area contributed by atoms with Crippen molar-refractivity contribution in [2.45, 2.75) is 45.6 Å². The molecule has 0 radical (unpaired) electrons. The van der Waals surface area contributed by atoms with Crippen molar-refractivity contribution in [2.24, 2.45) is 5.73 Å². The maximum atomic E-state index is 5.68. The van der Waals surface area contributed by atoms with E-state index in [0.29, 0.717) is 12.5 Å². The third-order valence-corrected chi connectivity index (χ3v) is 3.30. The fourth-order valence-corrected chi connectivity index (χ4v) is 2.46. The predicted octanol–water partition coefficient (Wildman–Crippen LogP) is 3.24. The van der Waals surface area contributed by atoms with Gasteiger partial charge in [0.25, 0.3) is 0 Å². The van der Waals surface area contributed by atoms with Crippen molar-refractivity contribution < 1.29 is 0 Å². The van der Waals surface area contributed by atoms with Gasteiger partial charge in [0.05, 0.1) is 11.0 Å². The highest BCUT2D eigenvalue weighted by atomic mass is 15.1. The SMILES string of the molecule is CC(CCN)c1nc2ccccc2n1C(C)(C)C. The zero-order valence-electron chi connectivity index (χ0n) is 11.8. The number of para-hydroxylation sites is 2. The molecule has 0 saturated heterocycles. The van der Waals surface area contributed by atoms with Crippen molar-refractivity contribution in [3.63, 3.8) is 0 Å². The molecule has 0 aliphatic heterocycles. The second-order valence-electron chi connectivity index (χ2n) is 5.94. The molecule has 0 amide bonds. The van der Waals surface area contributed by atoms with Crippen LogP contribution in [0.5, 0.6) is 0 Å². The number of aromatic nitrogens is 2. The number of fused-ring (bicyclic) bond motifs is 1. The Bertz CT molecular complexity index is 534. The van der Waals surface area contributed by atoms with Crippen molar-refractivity contribution in [3.8, 4) is 0 Å². The molecule has 1 unspecified atom stereocenters. The summed E-state index contributed by atoms with van der Waals surface area (Å²) in [4.78, 5) is 4.81. The average Bonchev–Trinajstić information content (AvgIpc) is 2.68. The predicted molar refractivity (Wildman–Crippen MR) is 76.8 cm³/mol. The second-order valence-corrected chi connectivity index (χ2v) is 5.94. The minimum Gasteiger partial charge on any atom is -0.330 e. The first-order valence-electron chi connectivity index (χ1n) is 6.63. The van der Waals surface area contributed by atoms with Gasteiger partial charge in [-0.1, -0.05) is 19.1 Å². The van der Waals surface area contributed by atoms with Crippen molar-refractivity contribution in [3.05, 3.63) is 30.1 Å². The summed E-state index contributed by atoms with van der Waals surface area (Å²) >= 11 is 0. The molecule has 1 heterocycles. The van der Waals surface area contributed by atoms with E-state index in [4.69, 9.17) is 10.7 Å². The van der Waals surface area contributed by atoms with Gasteiger partial charge < -0.3 is 10.3 Å². The van der Waals surface area contributed by atoms with Crippen LogP contribution in [0.1, 0.15) is 45.9 Å². The topological polar surface area (TPSA) is 43.8 Å². The molecule has 3 heteroatoms. The summed E-state index contributed by atoms with van der Waals surface area (Å²) in [6, 6.07) is 8.34. The summed E-state index contributed by atoms with van der Waals surface area (Å²) in [5.41, 5.74) is 8.01. The Morgan fingerprint density at radius 2 is 1.94 bits per heavy atom. The Morgan fingerprint density at radius 1 is 1.28 bits per heavy atom. The summed E-state index contributed by atoms with van der Waals surface area (Å²) in [7, 11) is 0. The summed E-state index contributed by atoms with van der Waals surface area (Å²) in [5.74, 6) is 1.54. The van der Waals surface area contributed by atoms with Crippen LogP contribution >= 0.6 is 0 Å². The van der Waals surface area contributed by atoms with Gasteiger partial charge in [0.15, 0.2) is 0 Å². The van der Waals surface area contributed by atoms with Gasteiger partial charge in [-0.05, 0) is 45.9 Å². The van der Waals surface area contributed by atoms with E-state index in [2.05, 4.69) is 50.5 Å². The molecule has 0 saturated carbocycles. The normalized spacial score (nSPS) is 14.1. The molecule has 1 aromatic carbocycles. The first-order valence-corrected chi connectivity index (χ1v) is 6.63. The highest BCUT2D eigenvalue weighted by molar-refractivity contribution is 5.76. The van der Waals surface area contributed by atoms with Gasteiger partial charge in [0.1, 0.15) is 5.82 Å². The molecule has 2 aromatic rings. The Morgan fingerprint density at radius 3 is 2.56 bits per heavy atom. The first kappa shape index (κ1) is 13.1. The number of nitrogens with two attached hydrogens (primary N) is 1. The van der Waals surface area contributed by atoms with Gasteiger partial charge in [0.2, 0.25) is 0 Å². The van der Waals surface area contributed by atoms with Crippen LogP contribution in [0.25, 0.3) is 11.0 Å². The monoisotopic (exact) mass is 245 g/mol. The van der Waals surface area contributed by atoms with Gasteiger partial charge in [-0.3, -0.25) is 0 Å². The zero-order chi connectivity index (χ0) is 13.3. The lowest BCUT2D eigenvalue weighted by Crippen LogP contribution is -2.25. The number of nitrogens with zero attached hydrogens (tertiary/aromatic N) is 2. The molecule has 3 nitrogen and oxygen atoms in total. The molecule has 0 aliphatic rings. The van der Waals surface area contributed by atoms with Crippen LogP contribution in [0.4, 0.5) is 0 Å². The fraction of sp³-hybridized carbons (Fsp3) is 0.533. The maximum Gasteiger partial charge on any atom is 0.113 e. The van der Waals surface area contributed by atoms with Gasteiger partial charge in [0, 0.05) is 11.5 Å². The third-order valence-electron chi connectivity index (χ3n) is 3.30. The van der Waals surface area contributed by atoms with Crippen LogP contribution in [0.3, 0.4) is 0 Å². The molecule has 0 spiro atoms. The standard InChI is InChI=1S/C15H23N3/c1-11(9-10-16)14-17-12-7-5-6-8-13(12)18(14)15(2,3)4/h5-8,11H,9-10,16H2,1-4H3. The Balaban J connectivity index is 2.64. The van der Waals surface area contributed by atoms with Gasteiger partial charge in [-0.15, -0.1) is 0 Å². The molecule has 0 fully saturated rings. The van der Waals surface area contributed by atoms with E-state index >= 15 is 0 Å². The smallest absolute Gasteiger partial charge is 0.113 e. The van der Waals surface area contributed by atoms with E-state index < -0.39 is 0 Å². The number of hydrogen-bond donors (Lipinski definition) is 1. The highest BCUT2D eigenvalue weighted by Crippen LogP contribution is 2.29. The lowest BCUT2D eigenvalue weighted by atomic mass is 10.0. The van der Waals surface area contributed by atoms with Crippen LogP contribution in [0.2, 0.25) is 0 Å². The minimum absolute atomic E-state index is 0.0360. The Labute approximate surface area is 109 Å². The molecule has 2 N–H and O–H groups in total. The van der Waals surface area contributed by atoms with Crippen molar-refractivity contribution in [1.29, 1.82) is 0 Å². The fourth-order valence-electron chi connectivity index (χ4n) is 2.46. The largest absolute Gasteiger partial charge is 0.330 e. The molecule has 98 valence electrons. The number of hydrogen-bond acceptors (Lipinski definition) is 2. The van der Waals surface area contributed by atoms with Gasteiger partial charge in [-0.25, -0.2) is 4.98 Å². The Kier molecular flexibility index (Phi) is 3.44. The Hall–Kier alpha value is -1.35. The molecule has 0 aliphatic carbocycles. The van der Waals surface area contributed by atoms with E-state index in [1.165, 1.54) is 5.52 Å². The quantitative estimate of drug-likeness (QED) is 0.902. The zero-order valence-corrected chi connectivity index (χ0v) is 11.8. The number of rotatable bonds is 3. The molecular weight excluding hydrogens is 222 g/mol. The number of benzene rings is 1. The van der Waals surface area contributed by atoms with Crippen molar-refractivity contribution in [2.75, 3.05) is 6.54 Å². The summed E-state index contributed by atoms with van der Waals surface area (Å²) in [5, 5.41) is 0. The molecule has 18 heavy (non-hydrogen) atoms. The number of imidazole rings is 1. The van der Waals surface area contributed by atoms with Gasteiger partial charge >= 0.3 is 0 Å². The van der Waals surface area contributed by atoms with Crippen LogP contribution in [-0.2, 0) is 5.54 Å².